The second-order valence-corrected chi connectivity index (χ2v) is 12.8. The van der Waals surface area contributed by atoms with Crippen LogP contribution in [0.2, 0.25) is 0 Å². The molecule has 0 aromatic carbocycles. The Morgan fingerprint density at radius 1 is 0.968 bits per heavy atom. The number of ketones is 2. The molecule has 0 aromatic heterocycles. The van der Waals surface area contributed by atoms with Crippen molar-refractivity contribution in [1.29, 1.82) is 0 Å². The van der Waals surface area contributed by atoms with Crippen LogP contribution in [0.4, 0.5) is 0 Å². The molecule has 0 aromatic rings. The molecule has 0 amide bonds. The van der Waals surface area contributed by atoms with Crippen LogP contribution in [0.15, 0.2) is 12.7 Å². The highest BCUT2D eigenvalue weighted by Crippen LogP contribution is 2.67. The van der Waals surface area contributed by atoms with E-state index in [1.165, 1.54) is 38.5 Å². The van der Waals surface area contributed by atoms with Gasteiger partial charge in [-0.15, -0.1) is 6.58 Å². The summed E-state index contributed by atoms with van der Waals surface area (Å²) in [4.78, 5) is 25.4. The van der Waals surface area contributed by atoms with Gasteiger partial charge in [0.25, 0.3) is 0 Å². The fourth-order valence-corrected chi connectivity index (χ4v) is 9.19. The van der Waals surface area contributed by atoms with Crippen molar-refractivity contribution in [3.63, 3.8) is 0 Å². The van der Waals surface area contributed by atoms with Crippen LogP contribution >= 0.6 is 0 Å². The second-order valence-electron chi connectivity index (χ2n) is 12.8. The molecule has 4 saturated carbocycles. The van der Waals surface area contributed by atoms with Crippen molar-refractivity contribution in [3.8, 4) is 0 Å². The Hall–Kier alpha value is -0.920. The Morgan fingerprint density at radius 2 is 1.68 bits per heavy atom. The zero-order chi connectivity index (χ0) is 22.6. The average molecular weight is 427 g/mol. The van der Waals surface area contributed by atoms with Gasteiger partial charge in [0.2, 0.25) is 0 Å². The van der Waals surface area contributed by atoms with Gasteiger partial charge in [0.15, 0.2) is 0 Å². The molecule has 4 aliphatic rings. The lowest BCUT2D eigenvalue weighted by atomic mass is 9.44. The van der Waals surface area contributed by atoms with Crippen LogP contribution < -0.4 is 0 Å². The predicted octanol–water partition coefficient (Wildman–Crippen LogP) is 7.27. The first kappa shape index (κ1) is 23.2. The monoisotopic (exact) mass is 426 g/mol. The summed E-state index contributed by atoms with van der Waals surface area (Å²) in [6.45, 7) is 16.2. The molecule has 31 heavy (non-hydrogen) atoms. The van der Waals surface area contributed by atoms with Crippen molar-refractivity contribution in [2.24, 2.45) is 58.2 Å². The lowest BCUT2D eigenvalue weighted by Crippen LogP contribution is -2.56. The van der Waals surface area contributed by atoms with Crippen molar-refractivity contribution in [2.45, 2.75) is 98.8 Å². The van der Waals surface area contributed by atoms with Crippen LogP contribution in [0, 0.1) is 58.2 Å². The molecule has 4 rings (SSSR count). The zero-order valence-electron chi connectivity index (χ0n) is 20.8. The number of carbonyl (C=O) groups excluding carboxylic acids is 2. The summed E-state index contributed by atoms with van der Waals surface area (Å²) in [5.74, 6) is 5.54. The number of Topliss-reactive ketones (excluding diaryl/α,β-unsaturated/α-hetero) is 2. The maximum absolute atomic E-state index is 13.3. The molecule has 1 unspecified atom stereocenters. The van der Waals surface area contributed by atoms with Gasteiger partial charge < -0.3 is 0 Å². The van der Waals surface area contributed by atoms with Gasteiger partial charge in [0.05, 0.1) is 0 Å². The van der Waals surface area contributed by atoms with Gasteiger partial charge in [0.1, 0.15) is 11.6 Å². The van der Waals surface area contributed by atoms with Crippen molar-refractivity contribution in [2.75, 3.05) is 0 Å². The number of hydrogen-bond acceptors (Lipinski definition) is 2. The van der Waals surface area contributed by atoms with Crippen molar-refractivity contribution < 1.29 is 9.59 Å². The van der Waals surface area contributed by atoms with Crippen LogP contribution in [0.5, 0.6) is 0 Å². The summed E-state index contributed by atoms with van der Waals surface area (Å²) in [6.07, 6.45) is 12.9. The highest BCUT2D eigenvalue weighted by Gasteiger charge is 2.62. The van der Waals surface area contributed by atoms with Gasteiger partial charge in [-0.1, -0.05) is 40.7 Å². The van der Waals surface area contributed by atoms with E-state index in [-0.39, 0.29) is 11.3 Å². The fraction of sp³-hybridized carbons (Fsp3) is 0.862. The van der Waals surface area contributed by atoms with Crippen LogP contribution in [-0.4, -0.2) is 11.6 Å². The molecular formula is C29H46O2. The second kappa shape index (κ2) is 8.45. The van der Waals surface area contributed by atoms with E-state index in [9.17, 15) is 9.59 Å². The molecular weight excluding hydrogens is 380 g/mol. The molecule has 0 bridgehead atoms. The third-order valence-corrected chi connectivity index (χ3v) is 11.2. The minimum absolute atomic E-state index is 0.0161. The summed E-state index contributed by atoms with van der Waals surface area (Å²) in [6, 6.07) is 0. The maximum atomic E-state index is 13.3. The van der Waals surface area contributed by atoms with Crippen LogP contribution in [0.25, 0.3) is 0 Å². The molecule has 0 heterocycles. The predicted molar refractivity (Wildman–Crippen MR) is 128 cm³/mol. The molecule has 2 heteroatoms. The molecule has 4 fully saturated rings. The summed E-state index contributed by atoms with van der Waals surface area (Å²) >= 11 is 0. The van der Waals surface area contributed by atoms with E-state index >= 15 is 0 Å². The van der Waals surface area contributed by atoms with E-state index in [0.29, 0.717) is 59.4 Å². The SMILES string of the molecule is C=C[C@H](CC[C@@H](C)[C@H]1CC[C@H]2[C@@H]3CC(=O)C4CC(=O)CC[C@]4(C)[C@H]3CC[C@]12C)C(C)C. The van der Waals surface area contributed by atoms with Crippen LogP contribution in [-0.2, 0) is 9.59 Å². The van der Waals surface area contributed by atoms with Gasteiger partial charge in [-0.3, -0.25) is 9.59 Å². The van der Waals surface area contributed by atoms with Gasteiger partial charge >= 0.3 is 0 Å². The Bertz CT molecular complexity index is 722. The van der Waals surface area contributed by atoms with Crippen LogP contribution in [0.3, 0.4) is 0 Å². The van der Waals surface area contributed by atoms with E-state index in [1.54, 1.807) is 0 Å². The normalized spacial score (nSPS) is 44.4. The minimum Gasteiger partial charge on any atom is -0.300 e. The van der Waals surface area contributed by atoms with Crippen molar-refractivity contribution in [1.82, 2.24) is 0 Å². The third-order valence-electron chi connectivity index (χ3n) is 11.2. The van der Waals surface area contributed by atoms with Crippen molar-refractivity contribution in [3.05, 3.63) is 12.7 Å². The highest BCUT2D eigenvalue weighted by atomic mass is 16.1. The van der Waals surface area contributed by atoms with Gasteiger partial charge in [0, 0.05) is 25.2 Å². The quantitative estimate of drug-likeness (QED) is 0.419. The smallest absolute Gasteiger partial charge is 0.137 e. The van der Waals surface area contributed by atoms with E-state index in [2.05, 4.69) is 47.3 Å². The number of fused-ring (bicyclic) bond motifs is 5. The first-order valence-electron chi connectivity index (χ1n) is 13.3. The molecule has 2 nitrogen and oxygen atoms in total. The van der Waals surface area contributed by atoms with E-state index in [4.69, 9.17) is 0 Å². The fourth-order valence-electron chi connectivity index (χ4n) is 9.19. The largest absolute Gasteiger partial charge is 0.300 e. The molecule has 0 aliphatic heterocycles. The maximum Gasteiger partial charge on any atom is 0.137 e. The van der Waals surface area contributed by atoms with Gasteiger partial charge in [-0.2, -0.15) is 0 Å². The summed E-state index contributed by atoms with van der Waals surface area (Å²) in [5, 5.41) is 0. The van der Waals surface area contributed by atoms with E-state index in [0.717, 1.165) is 24.7 Å². The van der Waals surface area contributed by atoms with E-state index in [1.807, 2.05) is 0 Å². The molecule has 174 valence electrons. The zero-order valence-corrected chi connectivity index (χ0v) is 20.8. The number of carbonyl (C=O) groups is 2. The molecule has 4 aliphatic carbocycles. The van der Waals surface area contributed by atoms with Crippen LogP contribution in [0.1, 0.15) is 98.8 Å². The summed E-state index contributed by atoms with van der Waals surface area (Å²) in [7, 11) is 0. The minimum atomic E-state index is 0.0161. The molecule has 0 spiro atoms. The van der Waals surface area contributed by atoms with Gasteiger partial charge in [-0.05, 0) is 97.2 Å². The Kier molecular flexibility index (Phi) is 6.34. The molecule has 0 saturated heterocycles. The summed E-state index contributed by atoms with van der Waals surface area (Å²) in [5.41, 5.74) is 0.476. The summed E-state index contributed by atoms with van der Waals surface area (Å²) < 4.78 is 0. The lowest BCUT2D eigenvalue weighted by Gasteiger charge is -2.59. The topological polar surface area (TPSA) is 34.1 Å². The molecule has 0 radical (unpaired) electrons. The number of rotatable bonds is 6. The standard InChI is InChI=1S/C29H46O2/c1-7-20(18(2)3)9-8-19(4)23-10-11-24-22-17-27(31)26-16-21(30)12-14-29(26,6)25(22)13-15-28(23,24)5/h7,18-20,22-26H,1,8-17H2,2-6H3/t19-,20-,22+,23-,24+,25+,26?,28-,29-/m1/s1. The Balaban J connectivity index is 1.50. The number of allylic oxidation sites excluding steroid dienone is 1. The average Bonchev–Trinajstić information content (AvgIpc) is 3.07. The molecule has 0 N–H and O–H groups in total. The van der Waals surface area contributed by atoms with Crippen molar-refractivity contribution >= 4 is 11.6 Å². The lowest BCUT2D eigenvalue weighted by molar-refractivity contribution is -0.159. The first-order valence-corrected chi connectivity index (χ1v) is 13.3. The Morgan fingerprint density at radius 3 is 2.35 bits per heavy atom. The third kappa shape index (κ3) is 3.78. The first-order chi connectivity index (χ1) is 14.6. The van der Waals surface area contributed by atoms with Gasteiger partial charge in [-0.25, -0.2) is 0 Å². The number of hydrogen-bond donors (Lipinski definition) is 0. The van der Waals surface area contributed by atoms with E-state index < -0.39 is 0 Å². The highest BCUT2D eigenvalue weighted by molar-refractivity contribution is 5.90. The molecule has 9 atom stereocenters. The Labute approximate surface area is 191 Å².